The van der Waals surface area contributed by atoms with E-state index in [-0.39, 0.29) is 11.8 Å². The molecule has 0 radical (unpaired) electrons. The highest BCUT2D eigenvalue weighted by molar-refractivity contribution is 9.11. The van der Waals surface area contributed by atoms with Gasteiger partial charge in [-0.25, -0.2) is 0 Å². The summed E-state index contributed by atoms with van der Waals surface area (Å²) in [6, 6.07) is 16.1. The number of carboxylic acids is 2. The van der Waals surface area contributed by atoms with E-state index in [1.807, 2.05) is 36.4 Å². The highest BCUT2D eigenvalue weighted by atomic mass is 79.9. The molecule has 4 rings (SSSR count). The number of anilines is 1. The van der Waals surface area contributed by atoms with Crippen molar-refractivity contribution in [1.82, 2.24) is 5.32 Å². The van der Waals surface area contributed by atoms with Gasteiger partial charge in [-0.3, -0.25) is 9.59 Å². The number of piperidine rings is 2. The second-order valence-corrected chi connectivity index (χ2v) is 10.6. The molecule has 180 valence electrons. The lowest BCUT2D eigenvalue weighted by molar-refractivity contribution is -0.143. The van der Waals surface area contributed by atoms with Gasteiger partial charge < -0.3 is 20.4 Å². The highest BCUT2D eigenvalue weighted by Gasteiger charge is 2.24. The number of nitrogens with one attached hydrogen (secondary N) is 1. The van der Waals surface area contributed by atoms with Crippen LogP contribution in [0, 0.1) is 11.8 Å². The molecular formula is C24H29Br3N2O4. The fourth-order valence-electron chi connectivity index (χ4n) is 3.53. The number of benzene rings is 2. The van der Waals surface area contributed by atoms with Crippen LogP contribution >= 0.6 is 47.8 Å². The van der Waals surface area contributed by atoms with E-state index < -0.39 is 11.9 Å². The lowest BCUT2D eigenvalue weighted by Crippen LogP contribution is -2.36. The van der Waals surface area contributed by atoms with Crippen LogP contribution in [0.1, 0.15) is 25.7 Å². The van der Waals surface area contributed by atoms with Crippen LogP contribution in [0.3, 0.4) is 0 Å². The van der Waals surface area contributed by atoms with Gasteiger partial charge in [0.2, 0.25) is 0 Å². The zero-order chi connectivity index (χ0) is 24.2. The van der Waals surface area contributed by atoms with Crippen LogP contribution in [0.2, 0.25) is 0 Å². The van der Waals surface area contributed by atoms with Gasteiger partial charge in [0.1, 0.15) is 0 Å². The second kappa shape index (κ2) is 14.8. The van der Waals surface area contributed by atoms with Gasteiger partial charge in [0.25, 0.3) is 0 Å². The molecule has 0 unspecified atom stereocenters. The highest BCUT2D eigenvalue weighted by Crippen LogP contribution is 2.24. The summed E-state index contributed by atoms with van der Waals surface area (Å²) >= 11 is 10.1. The minimum Gasteiger partial charge on any atom is -0.481 e. The summed E-state index contributed by atoms with van der Waals surface area (Å²) < 4.78 is 3.29. The van der Waals surface area contributed by atoms with Crippen LogP contribution < -0.4 is 10.2 Å². The predicted molar refractivity (Wildman–Crippen MR) is 142 cm³/mol. The SMILES string of the molecule is Brc1ccc(Br)cc1.O=C(O)C1CCN(c2ccc(Br)cc2)CC1.O=C(O)C1CCNCC1. The van der Waals surface area contributed by atoms with Gasteiger partial charge in [-0.1, -0.05) is 47.8 Å². The number of aliphatic carboxylic acids is 2. The zero-order valence-corrected chi connectivity index (χ0v) is 23.0. The van der Waals surface area contributed by atoms with E-state index in [0.717, 1.165) is 65.3 Å². The van der Waals surface area contributed by atoms with Crippen molar-refractivity contribution in [2.75, 3.05) is 31.1 Å². The average Bonchev–Trinajstić information content (AvgIpc) is 2.83. The van der Waals surface area contributed by atoms with Crippen LogP contribution in [-0.2, 0) is 9.59 Å². The third-order valence-corrected chi connectivity index (χ3v) is 7.11. The Morgan fingerprint density at radius 2 is 1.06 bits per heavy atom. The first-order valence-electron chi connectivity index (χ1n) is 10.8. The number of hydrogen-bond acceptors (Lipinski definition) is 4. The van der Waals surface area contributed by atoms with Crippen molar-refractivity contribution >= 4 is 65.4 Å². The minimum atomic E-state index is -0.657. The molecule has 0 atom stereocenters. The second-order valence-electron chi connectivity index (χ2n) is 7.87. The predicted octanol–water partition coefficient (Wildman–Crippen LogP) is 6.03. The molecule has 0 aliphatic carbocycles. The fraction of sp³-hybridized carbons (Fsp3) is 0.417. The smallest absolute Gasteiger partial charge is 0.306 e. The summed E-state index contributed by atoms with van der Waals surface area (Å²) in [6.45, 7) is 3.38. The van der Waals surface area contributed by atoms with E-state index in [0.29, 0.717) is 0 Å². The Morgan fingerprint density at radius 3 is 1.42 bits per heavy atom. The van der Waals surface area contributed by atoms with E-state index in [4.69, 9.17) is 10.2 Å². The standard InChI is InChI=1S/C12H14BrNO2.C6H4Br2.C6H11NO2/c13-10-1-3-11(4-2-10)14-7-5-9(6-8-14)12(15)16;7-5-1-2-6(8)4-3-5;8-6(9)5-1-3-7-4-2-5/h1-4,9H,5-8H2,(H,15,16);1-4H;5,7H,1-4H2,(H,8,9). The van der Waals surface area contributed by atoms with Crippen molar-refractivity contribution in [3.63, 3.8) is 0 Å². The molecule has 6 nitrogen and oxygen atoms in total. The number of rotatable bonds is 3. The van der Waals surface area contributed by atoms with Crippen molar-refractivity contribution in [2.45, 2.75) is 25.7 Å². The number of nitrogens with zero attached hydrogens (tertiary/aromatic N) is 1. The molecular weight excluding hydrogens is 620 g/mol. The molecule has 3 N–H and O–H groups in total. The third kappa shape index (κ3) is 10.6. The maximum absolute atomic E-state index is 10.8. The molecule has 2 aromatic rings. The van der Waals surface area contributed by atoms with E-state index in [2.05, 4.69) is 70.1 Å². The molecule has 9 heteroatoms. The molecule has 2 aliphatic rings. The van der Waals surface area contributed by atoms with Crippen LogP contribution in [-0.4, -0.2) is 48.3 Å². The molecule has 0 bridgehead atoms. The summed E-state index contributed by atoms with van der Waals surface area (Å²) in [5.74, 6) is -1.55. The quantitative estimate of drug-likeness (QED) is 0.377. The summed E-state index contributed by atoms with van der Waals surface area (Å²) in [7, 11) is 0. The zero-order valence-electron chi connectivity index (χ0n) is 18.2. The van der Waals surface area contributed by atoms with Gasteiger partial charge in [-0.05, 0) is 87.3 Å². The van der Waals surface area contributed by atoms with Gasteiger partial charge in [0.05, 0.1) is 11.8 Å². The Hall–Kier alpha value is -1.42. The Morgan fingerprint density at radius 1 is 0.697 bits per heavy atom. The Balaban J connectivity index is 0.000000192. The van der Waals surface area contributed by atoms with Crippen LogP contribution in [0.15, 0.2) is 61.9 Å². The van der Waals surface area contributed by atoms with Crippen molar-refractivity contribution in [2.24, 2.45) is 11.8 Å². The van der Waals surface area contributed by atoms with Crippen LogP contribution in [0.5, 0.6) is 0 Å². The molecule has 2 saturated heterocycles. The summed E-state index contributed by atoms with van der Waals surface area (Å²) in [5.41, 5.74) is 1.17. The first-order valence-corrected chi connectivity index (χ1v) is 13.2. The lowest BCUT2D eigenvalue weighted by atomic mass is 9.97. The van der Waals surface area contributed by atoms with Crippen molar-refractivity contribution in [1.29, 1.82) is 0 Å². The average molecular weight is 649 g/mol. The van der Waals surface area contributed by atoms with Gasteiger partial charge in [-0.2, -0.15) is 0 Å². The van der Waals surface area contributed by atoms with Crippen molar-refractivity contribution in [3.8, 4) is 0 Å². The summed E-state index contributed by atoms with van der Waals surface area (Å²) in [4.78, 5) is 23.4. The molecule has 0 aromatic heterocycles. The molecule has 0 amide bonds. The maximum Gasteiger partial charge on any atom is 0.306 e. The molecule has 0 saturated carbocycles. The van der Waals surface area contributed by atoms with Gasteiger partial charge in [-0.15, -0.1) is 0 Å². The normalized spacial score (nSPS) is 16.6. The number of hydrogen-bond donors (Lipinski definition) is 3. The van der Waals surface area contributed by atoms with E-state index in [1.54, 1.807) is 0 Å². The lowest BCUT2D eigenvalue weighted by Gasteiger charge is -2.31. The fourth-order valence-corrected chi connectivity index (χ4v) is 4.33. The van der Waals surface area contributed by atoms with Crippen molar-refractivity contribution < 1.29 is 19.8 Å². The van der Waals surface area contributed by atoms with E-state index in [9.17, 15) is 9.59 Å². The molecule has 2 heterocycles. The van der Waals surface area contributed by atoms with Crippen LogP contribution in [0.4, 0.5) is 5.69 Å². The summed E-state index contributed by atoms with van der Waals surface area (Å²) in [5, 5.41) is 20.5. The number of carboxylic acid groups (broad SMARTS) is 2. The third-order valence-electron chi connectivity index (χ3n) is 5.53. The minimum absolute atomic E-state index is 0.0914. The van der Waals surface area contributed by atoms with Crippen LogP contribution in [0.25, 0.3) is 0 Å². The first kappa shape index (κ1) is 27.8. The van der Waals surface area contributed by atoms with E-state index >= 15 is 0 Å². The topological polar surface area (TPSA) is 89.9 Å². The van der Waals surface area contributed by atoms with Gasteiger partial charge in [0, 0.05) is 32.2 Å². The Labute approximate surface area is 220 Å². The number of halogens is 3. The number of carbonyl (C=O) groups is 2. The summed E-state index contributed by atoms with van der Waals surface area (Å²) in [6.07, 6.45) is 3.06. The van der Waals surface area contributed by atoms with E-state index in [1.165, 1.54) is 5.69 Å². The molecule has 2 aliphatic heterocycles. The maximum atomic E-state index is 10.8. The Bertz CT molecular complexity index is 843. The molecule has 33 heavy (non-hydrogen) atoms. The molecule has 2 aromatic carbocycles. The van der Waals surface area contributed by atoms with Gasteiger partial charge in [0.15, 0.2) is 0 Å². The molecule has 2 fully saturated rings. The first-order chi connectivity index (χ1) is 15.8. The Kier molecular flexibility index (Phi) is 12.4. The van der Waals surface area contributed by atoms with Gasteiger partial charge >= 0.3 is 11.9 Å². The van der Waals surface area contributed by atoms with Crippen molar-refractivity contribution in [3.05, 3.63) is 61.9 Å². The molecule has 0 spiro atoms. The monoisotopic (exact) mass is 646 g/mol. The largest absolute Gasteiger partial charge is 0.481 e.